The molecule has 1 aliphatic heterocycles. The molecule has 1 fully saturated rings. The minimum absolute atomic E-state index is 0.0283. The monoisotopic (exact) mass is 395 g/mol. The van der Waals surface area contributed by atoms with Gasteiger partial charge in [0.1, 0.15) is 12.3 Å². The van der Waals surface area contributed by atoms with Crippen molar-refractivity contribution in [3.63, 3.8) is 0 Å². The van der Waals surface area contributed by atoms with E-state index in [9.17, 15) is 19.3 Å². The Labute approximate surface area is 146 Å². The number of phosphoric acid groups is 1. The van der Waals surface area contributed by atoms with E-state index in [0.717, 1.165) is 4.57 Å². The van der Waals surface area contributed by atoms with E-state index in [1.165, 1.54) is 13.1 Å². The molecule has 1 aromatic rings. The molecule has 0 amide bonds. The number of nitrogens with one attached hydrogen (secondary N) is 1. The maximum Gasteiger partial charge on any atom is 0.469 e. The molecule has 2 heterocycles. The maximum absolute atomic E-state index is 11.7. The second-order valence-electron chi connectivity index (χ2n) is 6.20. The van der Waals surface area contributed by atoms with Gasteiger partial charge in [0.25, 0.3) is 5.56 Å². The van der Waals surface area contributed by atoms with Crippen molar-refractivity contribution < 1.29 is 28.7 Å². The van der Waals surface area contributed by atoms with Gasteiger partial charge in [0.15, 0.2) is 0 Å². The fourth-order valence-corrected chi connectivity index (χ4v) is 2.35. The molecule has 0 saturated carbocycles. The van der Waals surface area contributed by atoms with E-state index in [1.807, 2.05) is 0 Å². The first-order valence-corrected chi connectivity index (χ1v) is 12.1. The molecule has 0 aliphatic carbocycles. The number of phosphoric ester groups is 1. The Kier molecular flexibility index (Phi) is 7.94. The van der Waals surface area contributed by atoms with Gasteiger partial charge in [-0.25, -0.2) is 9.36 Å². The number of rotatable bonds is 4. The summed E-state index contributed by atoms with van der Waals surface area (Å²) in [5.74, 6) is 0. The van der Waals surface area contributed by atoms with E-state index in [1.54, 1.807) is 0 Å². The van der Waals surface area contributed by atoms with Gasteiger partial charge in [0.2, 0.25) is 0 Å². The summed E-state index contributed by atoms with van der Waals surface area (Å²) in [5, 5.41) is 9.79. The van der Waals surface area contributed by atoms with Crippen LogP contribution in [0.1, 0.15) is 18.2 Å². The molecule has 25 heavy (non-hydrogen) atoms. The van der Waals surface area contributed by atoms with E-state index >= 15 is 0 Å². The fraction of sp³-hybridized carbons (Fsp3) is 0.692. The van der Waals surface area contributed by atoms with Crippen molar-refractivity contribution in [2.75, 3.05) is 6.61 Å². The summed E-state index contributed by atoms with van der Waals surface area (Å²) in [4.78, 5) is 42.3. The van der Waals surface area contributed by atoms with Crippen molar-refractivity contribution >= 4 is 16.6 Å². The number of hydrogen-bond acceptors (Lipinski definition) is 6. The van der Waals surface area contributed by atoms with Crippen molar-refractivity contribution in [2.24, 2.45) is 0 Å². The lowest BCUT2D eigenvalue weighted by Gasteiger charge is -2.16. The van der Waals surface area contributed by atoms with Gasteiger partial charge in [-0.1, -0.05) is 19.6 Å². The SMILES string of the molecule is C[Si](C)C.Cc1cn([C@H]2C[C@H](O)[C@@H](COP(=O)(O)O)O2)c(=O)[nH]c1=O. The summed E-state index contributed by atoms with van der Waals surface area (Å²) < 4.78 is 21.4. The van der Waals surface area contributed by atoms with Crippen LogP contribution in [0.3, 0.4) is 0 Å². The van der Waals surface area contributed by atoms with E-state index < -0.39 is 44.1 Å². The molecule has 1 aliphatic rings. The summed E-state index contributed by atoms with van der Waals surface area (Å²) in [6.45, 7) is 7.80. The maximum atomic E-state index is 11.7. The Hall–Kier alpha value is -1.07. The molecule has 0 unspecified atom stereocenters. The smallest absolute Gasteiger partial charge is 0.390 e. The number of aliphatic hydroxyl groups excluding tert-OH is 1. The number of hydrogen-bond donors (Lipinski definition) is 4. The van der Waals surface area contributed by atoms with Crippen molar-refractivity contribution in [1.29, 1.82) is 0 Å². The fourth-order valence-electron chi connectivity index (χ4n) is 2.01. The minimum atomic E-state index is -4.67. The number of H-pyrrole nitrogens is 1. The predicted octanol–water partition coefficient (Wildman–Crippen LogP) is -0.0267. The van der Waals surface area contributed by atoms with Gasteiger partial charge in [-0.2, -0.15) is 0 Å². The number of ether oxygens (including phenoxy) is 1. The first-order valence-electron chi connectivity index (χ1n) is 7.53. The lowest BCUT2D eigenvalue weighted by molar-refractivity contribution is -0.0451. The van der Waals surface area contributed by atoms with Gasteiger partial charge < -0.3 is 19.6 Å². The second-order valence-corrected chi connectivity index (χ2v) is 10.4. The molecule has 0 bridgehead atoms. The average molecular weight is 395 g/mol. The minimum Gasteiger partial charge on any atom is -0.390 e. The van der Waals surface area contributed by atoms with Crippen LogP contribution in [0, 0.1) is 6.92 Å². The molecule has 143 valence electrons. The summed E-state index contributed by atoms with van der Waals surface area (Å²) >= 11 is 0. The van der Waals surface area contributed by atoms with Crippen molar-refractivity contribution in [1.82, 2.24) is 9.55 Å². The van der Waals surface area contributed by atoms with Crippen LogP contribution in [0.4, 0.5) is 0 Å². The van der Waals surface area contributed by atoms with Gasteiger partial charge in [0, 0.05) is 27.0 Å². The zero-order chi connectivity index (χ0) is 19.4. The Morgan fingerprint density at radius 1 is 1.40 bits per heavy atom. The average Bonchev–Trinajstić information content (AvgIpc) is 2.80. The molecule has 4 N–H and O–H groups in total. The number of aromatic amines is 1. The highest BCUT2D eigenvalue weighted by atomic mass is 31.2. The van der Waals surface area contributed by atoms with Crippen LogP contribution in [0.2, 0.25) is 19.6 Å². The van der Waals surface area contributed by atoms with Gasteiger partial charge in [-0.15, -0.1) is 0 Å². The van der Waals surface area contributed by atoms with Gasteiger partial charge in [-0.3, -0.25) is 18.9 Å². The van der Waals surface area contributed by atoms with Gasteiger partial charge in [0.05, 0.1) is 12.7 Å². The second kappa shape index (κ2) is 9.04. The third kappa shape index (κ3) is 7.36. The van der Waals surface area contributed by atoms with Crippen LogP contribution in [0.5, 0.6) is 0 Å². The summed E-state index contributed by atoms with van der Waals surface area (Å²) in [6, 6.07) is 0. The normalized spacial score (nSPS) is 23.4. The molecule has 10 nitrogen and oxygen atoms in total. The number of aromatic nitrogens is 2. The number of nitrogens with zero attached hydrogens (tertiary/aromatic N) is 1. The van der Waals surface area contributed by atoms with Crippen molar-refractivity contribution in [2.45, 2.75) is 51.4 Å². The molecular formula is C13H24N2O8PSi. The van der Waals surface area contributed by atoms with Crippen molar-refractivity contribution in [3.8, 4) is 0 Å². The van der Waals surface area contributed by atoms with Crippen LogP contribution in [0.25, 0.3) is 0 Å². The van der Waals surface area contributed by atoms with Crippen LogP contribution < -0.4 is 11.2 Å². The van der Waals surface area contributed by atoms with E-state index in [0.29, 0.717) is 5.56 Å². The number of aryl methyl sites for hydroxylation is 1. The topological polar surface area (TPSA) is 151 Å². The Bertz CT molecular complexity index is 725. The molecule has 3 atom stereocenters. The Morgan fingerprint density at radius 2 is 1.96 bits per heavy atom. The predicted molar refractivity (Wildman–Crippen MR) is 91.9 cm³/mol. The van der Waals surface area contributed by atoms with Crippen LogP contribution in [0.15, 0.2) is 15.8 Å². The Balaban J connectivity index is 0.000000705. The summed E-state index contributed by atoms with van der Waals surface area (Å²) in [5.41, 5.74) is -0.918. The molecule has 12 heteroatoms. The third-order valence-electron chi connectivity index (χ3n) is 3.07. The lowest BCUT2D eigenvalue weighted by Crippen LogP contribution is -2.33. The molecule has 1 radical (unpaired) electrons. The zero-order valence-electron chi connectivity index (χ0n) is 14.5. The number of aliphatic hydroxyl groups is 1. The van der Waals surface area contributed by atoms with Gasteiger partial charge >= 0.3 is 13.5 Å². The molecule has 1 aromatic heterocycles. The highest BCUT2D eigenvalue weighted by molar-refractivity contribution is 7.46. The zero-order valence-corrected chi connectivity index (χ0v) is 16.4. The first kappa shape index (κ1) is 22.0. The molecule has 0 spiro atoms. The van der Waals surface area contributed by atoms with Crippen LogP contribution >= 0.6 is 7.82 Å². The molecule has 2 rings (SSSR count). The largest absolute Gasteiger partial charge is 0.469 e. The summed E-state index contributed by atoms with van der Waals surface area (Å²) in [6.07, 6.45) is -1.57. The molecule has 0 aromatic carbocycles. The summed E-state index contributed by atoms with van der Waals surface area (Å²) in [7, 11) is -4.55. The molecular weight excluding hydrogens is 371 g/mol. The standard InChI is InChI=1S/C10H15N2O8P.C3H9Si/c1-5-3-12(10(15)11-9(5)14)8-2-6(13)7(20-8)4-19-21(16,17)18;1-4(2)3/h3,6-8,13H,2,4H2,1H3,(H,11,14,15)(H2,16,17,18);1-3H3/t6-,7+,8+;/m0./s1. The van der Waals surface area contributed by atoms with Gasteiger partial charge in [-0.05, 0) is 6.92 Å². The highest BCUT2D eigenvalue weighted by Crippen LogP contribution is 2.38. The lowest BCUT2D eigenvalue weighted by atomic mass is 10.2. The van der Waals surface area contributed by atoms with Crippen molar-refractivity contribution in [3.05, 3.63) is 32.6 Å². The van der Waals surface area contributed by atoms with Crippen LogP contribution in [-0.4, -0.2) is 52.1 Å². The Morgan fingerprint density at radius 3 is 2.48 bits per heavy atom. The first-order chi connectivity index (χ1) is 11.4. The van der Waals surface area contributed by atoms with Crippen LogP contribution in [-0.2, 0) is 13.8 Å². The molecule has 1 saturated heterocycles. The highest BCUT2D eigenvalue weighted by Gasteiger charge is 2.37. The third-order valence-corrected chi connectivity index (χ3v) is 3.55. The van der Waals surface area contributed by atoms with E-state index in [-0.39, 0.29) is 15.2 Å². The van der Waals surface area contributed by atoms with E-state index in [2.05, 4.69) is 29.1 Å². The quantitative estimate of drug-likeness (QED) is 0.410. The van der Waals surface area contributed by atoms with E-state index in [4.69, 9.17) is 14.5 Å².